The zero-order valence-electron chi connectivity index (χ0n) is 17.6. The van der Waals surface area contributed by atoms with Crippen LogP contribution in [0.1, 0.15) is 0 Å². The second kappa shape index (κ2) is 8.71. The minimum atomic E-state index is -1.97. The largest absolute Gasteiger partial charge is 0.456 e. The maximum atomic E-state index is 6.50. The first-order chi connectivity index (χ1) is 9.91. The Morgan fingerprint density at radius 3 is 1.35 bits per heavy atom. The van der Waals surface area contributed by atoms with Crippen LogP contribution in [0.2, 0.25) is 89.9 Å². The number of hydrogen-bond donors (Lipinski definition) is 0. The van der Waals surface area contributed by atoms with Gasteiger partial charge in [-0.1, -0.05) is 13.1 Å². The second-order valence-electron chi connectivity index (χ2n) is 9.85. The predicted molar refractivity (Wildman–Crippen MR) is 118 cm³/mol. The molecule has 3 nitrogen and oxygen atoms in total. The summed E-state index contributed by atoms with van der Waals surface area (Å²) < 4.78 is 19.2. The minimum absolute atomic E-state index is 0.649. The summed E-state index contributed by atoms with van der Waals surface area (Å²) in [7, 11) is -7.54. The van der Waals surface area contributed by atoms with Gasteiger partial charge in [-0.05, 0) is 76.8 Å². The van der Waals surface area contributed by atoms with E-state index in [0.717, 1.165) is 0 Å². The maximum Gasteiger partial charge on any atom is 0.311 e. The van der Waals surface area contributed by atoms with Crippen LogP contribution < -0.4 is 0 Å². The third-order valence-electron chi connectivity index (χ3n) is 2.91. The lowest BCUT2D eigenvalue weighted by Gasteiger charge is -2.35. The molecule has 0 bridgehead atoms. The van der Waals surface area contributed by atoms with Crippen molar-refractivity contribution in [2.45, 2.75) is 89.9 Å². The fourth-order valence-electron chi connectivity index (χ4n) is 3.18. The summed E-state index contributed by atoms with van der Waals surface area (Å²) in [6, 6.07) is 0. The van der Waals surface area contributed by atoms with Crippen LogP contribution in [0.15, 0.2) is 0 Å². The summed E-state index contributed by atoms with van der Waals surface area (Å²) in [4.78, 5) is 0. The van der Waals surface area contributed by atoms with Gasteiger partial charge < -0.3 is 12.3 Å². The standard InChI is InChI=1S/C14H40O3Si6/c1-18(15-20(3,4)5)13-22(9,10)14-19(2)16-23(11,12)17-21(6,7)8/h13-14H2,1-12H3. The van der Waals surface area contributed by atoms with Gasteiger partial charge in [0.15, 0.2) is 34.7 Å². The summed E-state index contributed by atoms with van der Waals surface area (Å²) in [6.45, 7) is 27.8. The molecule has 0 N–H and O–H groups in total. The first-order valence-electron chi connectivity index (χ1n) is 8.64. The van der Waals surface area contributed by atoms with E-state index in [1.165, 1.54) is 11.3 Å². The van der Waals surface area contributed by atoms with Crippen LogP contribution in [0, 0.1) is 0 Å². The fourth-order valence-corrected chi connectivity index (χ4v) is 31.4. The van der Waals surface area contributed by atoms with Crippen molar-refractivity contribution in [1.29, 1.82) is 0 Å². The van der Waals surface area contributed by atoms with E-state index in [1.54, 1.807) is 0 Å². The molecule has 0 heterocycles. The van der Waals surface area contributed by atoms with Gasteiger partial charge in [-0.25, -0.2) is 0 Å². The van der Waals surface area contributed by atoms with Crippen LogP contribution in [-0.4, -0.2) is 51.4 Å². The first kappa shape index (κ1) is 24.2. The Morgan fingerprint density at radius 2 is 1.00 bits per heavy atom. The molecule has 2 radical (unpaired) electrons. The molecule has 138 valence electrons. The quantitative estimate of drug-likeness (QED) is 0.437. The molecule has 0 unspecified atom stereocenters. The number of rotatable bonds is 10. The average molecular weight is 425 g/mol. The van der Waals surface area contributed by atoms with E-state index in [-0.39, 0.29) is 0 Å². The Kier molecular flexibility index (Phi) is 9.16. The highest BCUT2D eigenvalue weighted by atomic mass is 28.5. The second-order valence-corrected chi connectivity index (χ2v) is 33.5. The minimum Gasteiger partial charge on any atom is -0.456 e. The molecule has 0 atom stereocenters. The molecular weight excluding hydrogens is 385 g/mol. The van der Waals surface area contributed by atoms with E-state index in [0.29, 0.717) is 0 Å². The maximum absolute atomic E-state index is 6.50. The topological polar surface area (TPSA) is 27.7 Å². The third-order valence-corrected chi connectivity index (χ3v) is 26.2. The molecule has 0 saturated heterocycles. The Balaban J connectivity index is 4.54. The van der Waals surface area contributed by atoms with Crippen LogP contribution in [-0.2, 0) is 12.3 Å². The van der Waals surface area contributed by atoms with Crippen molar-refractivity contribution in [3.8, 4) is 0 Å². The van der Waals surface area contributed by atoms with E-state index in [2.05, 4.69) is 78.6 Å². The fraction of sp³-hybridized carbons (Fsp3) is 1.00. The SMILES string of the molecule is C[Si](C[Si](C)(C)C[Si](C)O[Si](C)(C)O[Si](C)(C)C)O[Si](C)(C)C. The first-order valence-corrected chi connectivity index (χ1v) is 25.9. The van der Waals surface area contributed by atoms with Crippen molar-refractivity contribution in [2.24, 2.45) is 0 Å². The predicted octanol–water partition coefficient (Wildman–Crippen LogP) is 5.44. The third kappa shape index (κ3) is 14.1. The van der Waals surface area contributed by atoms with Crippen LogP contribution >= 0.6 is 0 Å². The summed E-state index contributed by atoms with van der Waals surface area (Å²) in [5.74, 6) is 0. The summed E-state index contributed by atoms with van der Waals surface area (Å²) in [6.07, 6.45) is 0. The van der Waals surface area contributed by atoms with E-state index < -0.39 is 51.4 Å². The Bertz CT molecular complexity index is 363. The van der Waals surface area contributed by atoms with Gasteiger partial charge in [-0.15, -0.1) is 0 Å². The lowest BCUT2D eigenvalue weighted by atomic mass is 11.7. The van der Waals surface area contributed by atoms with Gasteiger partial charge in [-0.3, -0.25) is 0 Å². The molecule has 0 aliphatic carbocycles. The molecule has 0 amide bonds. The zero-order chi connectivity index (χ0) is 18.7. The van der Waals surface area contributed by atoms with Gasteiger partial charge in [0.05, 0.1) is 0 Å². The van der Waals surface area contributed by atoms with E-state index in [9.17, 15) is 0 Å². The average Bonchev–Trinajstić information content (AvgIpc) is 2.03. The highest BCUT2D eigenvalue weighted by Crippen LogP contribution is 2.24. The molecule has 23 heavy (non-hydrogen) atoms. The molecule has 0 aromatic carbocycles. The van der Waals surface area contributed by atoms with Gasteiger partial charge >= 0.3 is 8.56 Å². The van der Waals surface area contributed by atoms with Gasteiger partial charge in [0.2, 0.25) is 0 Å². The molecule has 0 rings (SSSR count). The summed E-state index contributed by atoms with van der Waals surface area (Å²) in [5, 5.41) is 0. The van der Waals surface area contributed by atoms with Gasteiger partial charge in [0, 0.05) is 8.07 Å². The van der Waals surface area contributed by atoms with Crippen LogP contribution in [0.25, 0.3) is 0 Å². The monoisotopic (exact) mass is 424 g/mol. The molecule has 0 aromatic rings. The Labute approximate surface area is 153 Å². The van der Waals surface area contributed by atoms with E-state index in [1.807, 2.05) is 0 Å². The molecule has 0 aromatic heterocycles. The van der Waals surface area contributed by atoms with Crippen molar-refractivity contribution in [1.82, 2.24) is 0 Å². The van der Waals surface area contributed by atoms with Crippen molar-refractivity contribution in [3.63, 3.8) is 0 Å². The van der Waals surface area contributed by atoms with Crippen LogP contribution in [0.4, 0.5) is 0 Å². The van der Waals surface area contributed by atoms with Gasteiger partial charge in [0.1, 0.15) is 0 Å². The molecule has 0 fully saturated rings. The molecule has 9 heteroatoms. The lowest BCUT2D eigenvalue weighted by Crippen LogP contribution is -2.49. The normalized spacial score (nSPS) is 14.9. The van der Waals surface area contributed by atoms with Gasteiger partial charge in [0.25, 0.3) is 0 Å². The lowest BCUT2D eigenvalue weighted by molar-refractivity contribution is 0.404. The number of hydrogen-bond acceptors (Lipinski definition) is 3. The highest BCUT2D eigenvalue weighted by Gasteiger charge is 2.36. The van der Waals surface area contributed by atoms with Crippen molar-refractivity contribution in [2.75, 3.05) is 0 Å². The van der Waals surface area contributed by atoms with Crippen molar-refractivity contribution < 1.29 is 12.3 Å². The zero-order valence-corrected chi connectivity index (χ0v) is 23.6. The van der Waals surface area contributed by atoms with Gasteiger partial charge in [-0.2, -0.15) is 0 Å². The summed E-state index contributed by atoms with van der Waals surface area (Å²) in [5.41, 5.74) is 2.64. The van der Waals surface area contributed by atoms with E-state index in [4.69, 9.17) is 12.3 Å². The van der Waals surface area contributed by atoms with Crippen LogP contribution in [0.5, 0.6) is 0 Å². The van der Waals surface area contributed by atoms with Crippen molar-refractivity contribution >= 4 is 51.4 Å². The highest BCUT2D eigenvalue weighted by molar-refractivity contribution is 6.95. The molecule has 0 aliphatic heterocycles. The Morgan fingerprint density at radius 1 is 0.609 bits per heavy atom. The molecular formula is C14H40O3Si6. The molecule has 0 spiro atoms. The molecule has 0 saturated carbocycles. The Hall–Kier alpha value is 1.18. The van der Waals surface area contributed by atoms with E-state index >= 15 is 0 Å². The molecule has 0 aliphatic rings. The van der Waals surface area contributed by atoms with Crippen LogP contribution in [0.3, 0.4) is 0 Å². The smallest absolute Gasteiger partial charge is 0.311 e. The summed E-state index contributed by atoms with van der Waals surface area (Å²) >= 11 is 0. The van der Waals surface area contributed by atoms with Crippen molar-refractivity contribution in [3.05, 3.63) is 0 Å².